The molecule has 1 aliphatic heterocycles. The second-order valence-corrected chi connectivity index (χ2v) is 12.1. The van der Waals surface area contributed by atoms with Crippen molar-refractivity contribution in [2.24, 2.45) is 22.7 Å². The summed E-state index contributed by atoms with van der Waals surface area (Å²) in [6.07, 6.45) is 2.42. The second kappa shape index (κ2) is 12.6. The fourth-order valence-corrected chi connectivity index (χ4v) is 7.51. The van der Waals surface area contributed by atoms with Gasteiger partial charge in [-0.3, -0.25) is 14.4 Å². The van der Waals surface area contributed by atoms with Gasteiger partial charge in [-0.15, -0.1) is 0 Å². The number of anilines is 1. The van der Waals surface area contributed by atoms with Crippen molar-refractivity contribution >= 4 is 36.0 Å². The normalized spacial score (nSPS) is 30.7. The molecule has 11 nitrogen and oxygen atoms in total. The Labute approximate surface area is 250 Å². The van der Waals surface area contributed by atoms with Crippen LogP contribution in [-0.4, -0.2) is 66.9 Å². The van der Waals surface area contributed by atoms with E-state index in [0.29, 0.717) is 49.0 Å². The van der Waals surface area contributed by atoms with Gasteiger partial charge in [0.25, 0.3) is 6.47 Å². The largest absolute Gasteiger partial charge is 0.478 e. The van der Waals surface area contributed by atoms with Crippen molar-refractivity contribution in [2.45, 2.75) is 71.6 Å². The first-order valence-corrected chi connectivity index (χ1v) is 14.4. The van der Waals surface area contributed by atoms with E-state index >= 15 is 0 Å². The van der Waals surface area contributed by atoms with Gasteiger partial charge in [-0.05, 0) is 78.8 Å². The SMILES string of the molecule is C=C1[C@@H](OC(C)=O)C[C@@H]2[C@](C)(COC=O)[C@H](OC(C)=O)CC[C@@]2(C)[C@@H]1C[C@@H](Nc1ccc(C(=O)O)cc1)C1=CCOC1=O. The fraction of sp³-hybridized carbons (Fsp3) is 0.531. The summed E-state index contributed by atoms with van der Waals surface area (Å²) in [4.78, 5) is 59.8. The first-order valence-electron chi connectivity index (χ1n) is 14.4. The number of nitrogens with one attached hydrogen (secondary N) is 1. The van der Waals surface area contributed by atoms with Crippen molar-refractivity contribution in [3.63, 3.8) is 0 Å². The average molecular weight is 598 g/mol. The molecule has 2 aliphatic carbocycles. The Morgan fingerprint density at radius 3 is 2.40 bits per heavy atom. The maximum Gasteiger partial charge on any atom is 0.336 e. The third-order valence-electron chi connectivity index (χ3n) is 9.53. The number of carboxylic acid groups (broad SMARTS) is 1. The molecule has 0 amide bonds. The topological polar surface area (TPSA) is 155 Å². The number of carbonyl (C=O) groups excluding carboxylic acids is 4. The van der Waals surface area contributed by atoms with Crippen LogP contribution in [0.25, 0.3) is 0 Å². The summed E-state index contributed by atoms with van der Waals surface area (Å²) in [6.45, 7) is 11.6. The van der Waals surface area contributed by atoms with Crippen LogP contribution < -0.4 is 5.32 Å². The number of hydrogen-bond donors (Lipinski definition) is 2. The van der Waals surface area contributed by atoms with Gasteiger partial charge in [0.05, 0.1) is 17.2 Å². The number of esters is 3. The molecule has 0 bridgehead atoms. The standard InChI is InChI=1S/C32H39NO10/c1-18-24(14-25(23-11-13-41-30(23)39)33-22-8-6-21(7-9-22)29(37)38)31(4)12-10-28(43-20(3)36)32(5,16-40-17-34)27(31)15-26(18)42-19(2)35/h6-9,11,17,24-28,33H,1,10,12-16H2,2-5H3,(H,37,38)/t24-,25-,26+,27+,28-,31+,32+/m1/s1. The molecule has 11 heteroatoms. The minimum absolute atomic E-state index is 0.00419. The lowest BCUT2D eigenvalue weighted by atomic mass is 9.45. The van der Waals surface area contributed by atoms with Gasteiger partial charge in [-0.2, -0.15) is 0 Å². The van der Waals surface area contributed by atoms with E-state index in [0.717, 1.165) is 0 Å². The molecule has 1 heterocycles. The molecule has 0 spiro atoms. The highest BCUT2D eigenvalue weighted by molar-refractivity contribution is 5.92. The zero-order chi connectivity index (χ0) is 31.5. The number of benzene rings is 1. The highest BCUT2D eigenvalue weighted by atomic mass is 16.6. The van der Waals surface area contributed by atoms with Gasteiger partial charge in [-0.25, -0.2) is 9.59 Å². The molecule has 4 rings (SSSR count). The Bertz CT molecular complexity index is 1320. The third kappa shape index (κ3) is 6.45. The monoisotopic (exact) mass is 597 g/mol. The molecule has 2 fully saturated rings. The van der Waals surface area contributed by atoms with Crippen LogP contribution in [0.1, 0.15) is 63.7 Å². The minimum Gasteiger partial charge on any atom is -0.478 e. The summed E-state index contributed by atoms with van der Waals surface area (Å²) in [7, 11) is 0. The van der Waals surface area contributed by atoms with Crippen molar-refractivity contribution < 1.29 is 48.0 Å². The third-order valence-corrected chi connectivity index (χ3v) is 9.53. The van der Waals surface area contributed by atoms with Gasteiger partial charge >= 0.3 is 23.9 Å². The van der Waals surface area contributed by atoms with E-state index in [4.69, 9.17) is 18.9 Å². The molecule has 7 atom stereocenters. The van der Waals surface area contributed by atoms with Gasteiger partial charge in [0.15, 0.2) is 0 Å². The Morgan fingerprint density at radius 2 is 1.84 bits per heavy atom. The lowest BCUT2D eigenvalue weighted by Gasteiger charge is -2.61. The van der Waals surface area contributed by atoms with E-state index in [1.165, 1.54) is 26.0 Å². The van der Waals surface area contributed by atoms with E-state index in [-0.39, 0.29) is 30.6 Å². The predicted molar refractivity (Wildman–Crippen MR) is 154 cm³/mol. The van der Waals surface area contributed by atoms with Crippen molar-refractivity contribution in [3.05, 3.63) is 53.6 Å². The molecule has 0 aromatic heterocycles. The summed E-state index contributed by atoms with van der Waals surface area (Å²) in [5.74, 6) is -2.95. The van der Waals surface area contributed by atoms with E-state index in [1.807, 2.05) is 6.92 Å². The minimum atomic E-state index is -1.05. The van der Waals surface area contributed by atoms with Crippen LogP contribution >= 0.6 is 0 Å². The van der Waals surface area contributed by atoms with Gasteiger partial charge in [0, 0.05) is 24.9 Å². The van der Waals surface area contributed by atoms with Crippen LogP contribution in [0.3, 0.4) is 0 Å². The zero-order valence-electron chi connectivity index (χ0n) is 24.9. The van der Waals surface area contributed by atoms with Crippen LogP contribution in [0.5, 0.6) is 0 Å². The Kier molecular flexibility index (Phi) is 9.32. The smallest absolute Gasteiger partial charge is 0.336 e. The average Bonchev–Trinajstić information content (AvgIpc) is 3.37. The Morgan fingerprint density at radius 1 is 1.16 bits per heavy atom. The number of carboxylic acids is 1. The summed E-state index contributed by atoms with van der Waals surface area (Å²) in [5, 5.41) is 12.7. The zero-order valence-corrected chi connectivity index (χ0v) is 24.9. The molecule has 1 aromatic rings. The molecule has 0 radical (unpaired) electrons. The maximum absolute atomic E-state index is 12.8. The Hall–Kier alpha value is -4.15. The molecular formula is C32H39NO10. The van der Waals surface area contributed by atoms with Crippen molar-refractivity contribution in [2.75, 3.05) is 18.5 Å². The molecule has 43 heavy (non-hydrogen) atoms. The van der Waals surface area contributed by atoms with Gasteiger partial charge in [-0.1, -0.05) is 20.4 Å². The van der Waals surface area contributed by atoms with Crippen LogP contribution in [0.2, 0.25) is 0 Å². The van der Waals surface area contributed by atoms with Gasteiger partial charge < -0.3 is 29.4 Å². The van der Waals surface area contributed by atoms with Crippen LogP contribution in [0.15, 0.2) is 48.1 Å². The predicted octanol–water partition coefficient (Wildman–Crippen LogP) is 4.07. The van der Waals surface area contributed by atoms with E-state index in [9.17, 15) is 29.1 Å². The second-order valence-electron chi connectivity index (χ2n) is 12.1. The van der Waals surface area contributed by atoms with E-state index in [1.54, 1.807) is 18.2 Å². The molecule has 1 aromatic carbocycles. The van der Waals surface area contributed by atoms with Crippen molar-refractivity contribution in [3.8, 4) is 0 Å². The summed E-state index contributed by atoms with van der Waals surface area (Å²) < 4.78 is 22.1. The maximum atomic E-state index is 12.8. The highest BCUT2D eigenvalue weighted by Gasteiger charge is 2.62. The fourth-order valence-electron chi connectivity index (χ4n) is 7.51. The Balaban J connectivity index is 1.76. The first kappa shape index (κ1) is 31.8. The molecule has 0 unspecified atom stereocenters. The highest BCUT2D eigenvalue weighted by Crippen LogP contribution is 2.63. The molecular weight excluding hydrogens is 558 g/mol. The number of carbonyl (C=O) groups is 5. The van der Waals surface area contributed by atoms with Crippen LogP contribution in [0.4, 0.5) is 5.69 Å². The van der Waals surface area contributed by atoms with Gasteiger partial charge in [0.1, 0.15) is 25.4 Å². The van der Waals surface area contributed by atoms with Crippen molar-refractivity contribution in [1.29, 1.82) is 0 Å². The number of hydrogen-bond acceptors (Lipinski definition) is 10. The van der Waals surface area contributed by atoms with Gasteiger partial charge in [0.2, 0.25) is 0 Å². The molecule has 232 valence electrons. The number of fused-ring (bicyclic) bond motifs is 1. The number of rotatable bonds is 11. The lowest BCUT2D eigenvalue weighted by Crippen LogP contribution is -2.61. The molecule has 2 N–H and O–H groups in total. The van der Waals surface area contributed by atoms with E-state index in [2.05, 4.69) is 18.8 Å². The molecule has 0 saturated heterocycles. The summed E-state index contributed by atoms with van der Waals surface area (Å²) >= 11 is 0. The molecule has 3 aliphatic rings. The van der Waals surface area contributed by atoms with Crippen molar-refractivity contribution in [1.82, 2.24) is 0 Å². The quantitative estimate of drug-likeness (QED) is 0.164. The molecule has 2 saturated carbocycles. The first-order chi connectivity index (χ1) is 20.3. The number of cyclic esters (lactones) is 1. The number of ether oxygens (including phenoxy) is 4. The van der Waals surface area contributed by atoms with Crippen LogP contribution in [0, 0.1) is 22.7 Å². The summed E-state index contributed by atoms with van der Waals surface area (Å²) in [5.41, 5.74) is 0.588. The summed E-state index contributed by atoms with van der Waals surface area (Å²) in [6, 6.07) is 5.68. The number of aromatic carboxylic acids is 1. The van der Waals surface area contributed by atoms with Crippen LogP contribution in [-0.2, 0) is 38.1 Å². The lowest BCUT2D eigenvalue weighted by molar-refractivity contribution is -0.197. The van der Waals surface area contributed by atoms with E-state index < -0.39 is 53.0 Å².